The van der Waals surface area contributed by atoms with Gasteiger partial charge in [0.2, 0.25) is 5.91 Å². The second-order valence-electron chi connectivity index (χ2n) is 10.4. The van der Waals surface area contributed by atoms with E-state index in [1.165, 1.54) is 43.3 Å². The standard InChI is InChI=1S/C22H24F2N2O4.C9H9F2NO2/c1-13-3-5-25(10-14-4-6-30-12-14)22(28)21(13)26-11-15(7-19(26)27)20-17(23)8-16(29-2)9-18(20)24;1-12-8(13)6-2-4-7(5-3-6)14-9(10)11/h3,5,8-9,14-15H,4,6-7,10-12H2,1-2H3;2-5,9H,1H3,(H,12,13). The van der Waals surface area contributed by atoms with E-state index >= 15 is 0 Å². The normalized spacial score (nSPS) is 17.8. The number of nitrogens with one attached hydrogen (secondary N) is 1. The predicted octanol–water partition coefficient (Wildman–Crippen LogP) is 4.65. The minimum absolute atomic E-state index is 0.0349. The van der Waals surface area contributed by atoms with Gasteiger partial charge in [0.25, 0.3) is 11.5 Å². The fourth-order valence-electron chi connectivity index (χ4n) is 5.25. The van der Waals surface area contributed by atoms with Crippen molar-refractivity contribution in [2.45, 2.75) is 38.8 Å². The Hall–Kier alpha value is -4.39. The molecule has 236 valence electrons. The molecule has 5 rings (SSSR count). The SMILES string of the molecule is CNC(=O)c1ccc(OC(F)F)cc1.COc1cc(F)c(C2CC(=O)N(c3c(C)ccn(CC4CCOC4)c3=O)C2)c(F)c1. The molecule has 3 heterocycles. The number of rotatable bonds is 8. The van der Waals surface area contributed by atoms with Crippen molar-refractivity contribution in [3.63, 3.8) is 0 Å². The minimum Gasteiger partial charge on any atom is -0.497 e. The maximum Gasteiger partial charge on any atom is 0.387 e. The van der Waals surface area contributed by atoms with Crippen molar-refractivity contribution in [3.05, 3.63) is 87.3 Å². The van der Waals surface area contributed by atoms with Gasteiger partial charge < -0.3 is 29.0 Å². The van der Waals surface area contributed by atoms with E-state index in [4.69, 9.17) is 9.47 Å². The molecular weight excluding hydrogens is 586 g/mol. The van der Waals surface area contributed by atoms with Gasteiger partial charge in [-0.1, -0.05) is 0 Å². The summed E-state index contributed by atoms with van der Waals surface area (Å²) in [4.78, 5) is 38.3. The highest BCUT2D eigenvalue weighted by Crippen LogP contribution is 2.36. The van der Waals surface area contributed by atoms with Gasteiger partial charge in [-0.3, -0.25) is 14.4 Å². The van der Waals surface area contributed by atoms with Crippen LogP contribution in [0.2, 0.25) is 0 Å². The number of aromatic nitrogens is 1. The van der Waals surface area contributed by atoms with E-state index in [1.807, 2.05) is 0 Å². The molecular formula is C31H33F4N3O6. The second-order valence-corrected chi connectivity index (χ2v) is 10.4. The number of hydrogen-bond acceptors (Lipinski definition) is 6. The van der Waals surface area contributed by atoms with Gasteiger partial charge in [0.1, 0.15) is 28.8 Å². The lowest BCUT2D eigenvalue weighted by atomic mass is 9.97. The van der Waals surface area contributed by atoms with Crippen LogP contribution in [0.1, 0.15) is 40.2 Å². The Morgan fingerprint density at radius 3 is 2.34 bits per heavy atom. The molecule has 13 heteroatoms. The number of amides is 2. The molecule has 0 aliphatic carbocycles. The van der Waals surface area contributed by atoms with Crippen LogP contribution >= 0.6 is 0 Å². The number of alkyl halides is 2. The second kappa shape index (κ2) is 14.4. The zero-order valence-corrected chi connectivity index (χ0v) is 24.4. The molecule has 1 aromatic heterocycles. The van der Waals surface area contributed by atoms with Crippen molar-refractivity contribution in [3.8, 4) is 11.5 Å². The Bertz CT molecular complexity index is 1520. The minimum atomic E-state index is -2.85. The van der Waals surface area contributed by atoms with Crippen molar-refractivity contribution in [2.24, 2.45) is 5.92 Å². The van der Waals surface area contributed by atoms with Gasteiger partial charge in [-0.25, -0.2) is 8.78 Å². The molecule has 3 aromatic rings. The van der Waals surface area contributed by atoms with Crippen LogP contribution in [-0.4, -0.2) is 56.9 Å². The summed E-state index contributed by atoms with van der Waals surface area (Å²) in [6.07, 6.45) is 2.54. The van der Waals surface area contributed by atoms with Crippen LogP contribution in [0.5, 0.6) is 11.5 Å². The molecule has 0 spiro atoms. The van der Waals surface area contributed by atoms with E-state index in [0.29, 0.717) is 30.9 Å². The number of methoxy groups -OCH3 is 1. The van der Waals surface area contributed by atoms with Crippen LogP contribution in [0.25, 0.3) is 0 Å². The summed E-state index contributed by atoms with van der Waals surface area (Å²) < 4.78 is 68.5. The fourth-order valence-corrected chi connectivity index (χ4v) is 5.25. The van der Waals surface area contributed by atoms with Gasteiger partial charge in [0.15, 0.2) is 0 Å². The molecule has 0 radical (unpaired) electrons. The Balaban J connectivity index is 0.000000265. The third-order valence-corrected chi connectivity index (χ3v) is 7.48. The zero-order chi connectivity index (χ0) is 32.0. The van der Waals surface area contributed by atoms with E-state index < -0.39 is 24.2 Å². The molecule has 44 heavy (non-hydrogen) atoms. The molecule has 0 bridgehead atoms. The van der Waals surface area contributed by atoms with Gasteiger partial charge >= 0.3 is 6.61 Å². The van der Waals surface area contributed by atoms with Crippen molar-refractivity contribution in [1.82, 2.24) is 9.88 Å². The third kappa shape index (κ3) is 7.57. The van der Waals surface area contributed by atoms with E-state index in [1.54, 1.807) is 23.8 Å². The summed E-state index contributed by atoms with van der Waals surface area (Å²) >= 11 is 0. The van der Waals surface area contributed by atoms with Crippen LogP contribution in [0.15, 0.2) is 53.5 Å². The summed E-state index contributed by atoms with van der Waals surface area (Å²) in [5.41, 5.74) is 0.909. The summed E-state index contributed by atoms with van der Waals surface area (Å²) in [6, 6.07) is 9.47. The lowest BCUT2D eigenvalue weighted by Gasteiger charge is -2.21. The lowest BCUT2D eigenvalue weighted by molar-refractivity contribution is -0.117. The van der Waals surface area contributed by atoms with Crippen LogP contribution in [0, 0.1) is 24.5 Å². The third-order valence-electron chi connectivity index (χ3n) is 7.48. The van der Waals surface area contributed by atoms with Gasteiger partial charge in [0, 0.05) is 74.5 Å². The summed E-state index contributed by atoms with van der Waals surface area (Å²) in [5.74, 6) is -2.42. The average molecular weight is 620 g/mol. The van der Waals surface area contributed by atoms with Crippen molar-refractivity contribution in [2.75, 3.05) is 38.8 Å². The molecule has 2 unspecified atom stereocenters. The first kappa shape index (κ1) is 32.5. The smallest absolute Gasteiger partial charge is 0.387 e. The molecule has 0 saturated carbocycles. The Kier molecular flexibility index (Phi) is 10.6. The van der Waals surface area contributed by atoms with Crippen molar-refractivity contribution in [1.29, 1.82) is 0 Å². The monoisotopic (exact) mass is 619 g/mol. The highest BCUT2D eigenvalue weighted by molar-refractivity contribution is 5.97. The number of aryl methyl sites for hydroxylation is 1. The topological polar surface area (TPSA) is 99.1 Å². The van der Waals surface area contributed by atoms with E-state index in [-0.39, 0.29) is 59.0 Å². The van der Waals surface area contributed by atoms with E-state index in [2.05, 4.69) is 10.1 Å². The van der Waals surface area contributed by atoms with E-state index in [0.717, 1.165) is 18.6 Å². The molecule has 2 fully saturated rings. The first-order chi connectivity index (χ1) is 21.0. The number of nitrogens with zero attached hydrogens (tertiary/aromatic N) is 2. The van der Waals surface area contributed by atoms with E-state index in [9.17, 15) is 31.9 Å². The Morgan fingerprint density at radius 1 is 1.09 bits per heavy atom. The largest absolute Gasteiger partial charge is 0.497 e. The number of anilines is 1. The maximum atomic E-state index is 14.5. The molecule has 2 aliphatic heterocycles. The molecule has 9 nitrogen and oxygen atoms in total. The molecule has 2 amide bonds. The average Bonchev–Trinajstić information content (AvgIpc) is 3.64. The first-order valence-corrected chi connectivity index (χ1v) is 13.9. The zero-order valence-electron chi connectivity index (χ0n) is 24.4. The fraction of sp³-hybridized carbons (Fsp3) is 0.387. The summed E-state index contributed by atoms with van der Waals surface area (Å²) in [7, 11) is 2.82. The first-order valence-electron chi connectivity index (χ1n) is 13.9. The van der Waals surface area contributed by atoms with Crippen LogP contribution in [-0.2, 0) is 16.1 Å². The number of pyridine rings is 1. The quantitative estimate of drug-likeness (QED) is 0.369. The van der Waals surface area contributed by atoms with Crippen molar-refractivity contribution < 1.29 is 41.4 Å². The Morgan fingerprint density at radius 2 is 1.77 bits per heavy atom. The number of carbonyl (C=O) groups excluding carboxylic acids is 2. The van der Waals surface area contributed by atoms with Gasteiger partial charge in [-0.2, -0.15) is 8.78 Å². The molecule has 2 aliphatic rings. The maximum absolute atomic E-state index is 14.5. The number of benzene rings is 2. The number of halogens is 4. The van der Waals surface area contributed by atoms with Gasteiger partial charge in [-0.05, 0) is 49.2 Å². The molecule has 2 saturated heterocycles. The molecule has 2 aromatic carbocycles. The summed E-state index contributed by atoms with van der Waals surface area (Å²) in [6.45, 7) is 0.764. The highest BCUT2D eigenvalue weighted by atomic mass is 19.3. The van der Waals surface area contributed by atoms with Crippen LogP contribution < -0.4 is 25.2 Å². The molecule has 2 atom stereocenters. The van der Waals surface area contributed by atoms with Gasteiger partial charge in [0.05, 0.1) is 13.7 Å². The highest BCUT2D eigenvalue weighted by Gasteiger charge is 2.37. The predicted molar refractivity (Wildman–Crippen MR) is 153 cm³/mol. The van der Waals surface area contributed by atoms with Gasteiger partial charge in [-0.15, -0.1) is 0 Å². The van der Waals surface area contributed by atoms with Crippen molar-refractivity contribution >= 4 is 17.5 Å². The van der Waals surface area contributed by atoms with Crippen LogP contribution in [0.4, 0.5) is 23.2 Å². The lowest BCUT2D eigenvalue weighted by Crippen LogP contribution is -2.35. The Labute approximate surface area is 251 Å². The summed E-state index contributed by atoms with van der Waals surface area (Å²) in [5, 5.41) is 2.41. The number of hydrogen-bond donors (Lipinski definition) is 1. The number of carbonyl (C=O) groups is 2. The van der Waals surface area contributed by atoms with Crippen LogP contribution in [0.3, 0.4) is 0 Å². The molecule has 1 N–H and O–H groups in total. The number of ether oxygens (including phenoxy) is 3.